The van der Waals surface area contributed by atoms with Crippen molar-refractivity contribution in [3.05, 3.63) is 0 Å². The van der Waals surface area contributed by atoms with Gasteiger partial charge in [-0.25, -0.2) is 0 Å². The SMILES string of the molecule is CCN(CC)CCCNC(=O)C1CC(C)CC1C(=O)O. The highest BCUT2D eigenvalue weighted by molar-refractivity contribution is 5.85. The van der Waals surface area contributed by atoms with Gasteiger partial charge in [-0.05, 0) is 44.8 Å². The van der Waals surface area contributed by atoms with Crippen LogP contribution in [0, 0.1) is 17.8 Å². The second-order valence-corrected chi connectivity index (χ2v) is 5.80. The zero-order valence-electron chi connectivity index (χ0n) is 12.9. The van der Waals surface area contributed by atoms with Crippen molar-refractivity contribution in [3.8, 4) is 0 Å². The zero-order chi connectivity index (χ0) is 15.1. The first-order chi connectivity index (χ1) is 9.49. The summed E-state index contributed by atoms with van der Waals surface area (Å²) in [6.45, 7) is 9.91. The topological polar surface area (TPSA) is 69.6 Å². The molecule has 1 aliphatic rings. The molecular weight excluding hydrogens is 256 g/mol. The molecule has 20 heavy (non-hydrogen) atoms. The highest BCUT2D eigenvalue weighted by Gasteiger charge is 2.40. The fourth-order valence-electron chi connectivity index (χ4n) is 3.04. The van der Waals surface area contributed by atoms with Gasteiger partial charge < -0.3 is 15.3 Å². The second kappa shape index (κ2) is 8.25. The van der Waals surface area contributed by atoms with Crippen LogP contribution in [0.2, 0.25) is 0 Å². The quantitative estimate of drug-likeness (QED) is 0.664. The summed E-state index contributed by atoms with van der Waals surface area (Å²) in [5.41, 5.74) is 0. The summed E-state index contributed by atoms with van der Waals surface area (Å²) in [7, 11) is 0. The molecule has 116 valence electrons. The van der Waals surface area contributed by atoms with Crippen LogP contribution < -0.4 is 5.32 Å². The van der Waals surface area contributed by atoms with Gasteiger partial charge in [0.15, 0.2) is 0 Å². The van der Waals surface area contributed by atoms with Crippen LogP contribution in [0.4, 0.5) is 0 Å². The first kappa shape index (κ1) is 17.0. The van der Waals surface area contributed by atoms with Gasteiger partial charge in [0, 0.05) is 6.54 Å². The average Bonchev–Trinajstić information content (AvgIpc) is 2.81. The Morgan fingerprint density at radius 3 is 2.35 bits per heavy atom. The van der Waals surface area contributed by atoms with E-state index in [1.807, 2.05) is 6.92 Å². The van der Waals surface area contributed by atoms with Crippen molar-refractivity contribution in [1.82, 2.24) is 10.2 Å². The largest absolute Gasteiger partial charge is 0.481 e. The van der Waals surface area contributed by atoms with E-state index in [0.29, 0.717) is 25.3 Å². The van der Waals surface area contributed by atoms with Crippen LogP contribution in [0.15, 0.2) is 0 Å². The Morgan fingerprint density at radius 2 is 1.80 bits per heavy atom. The molecule has 0 aromatic carbocycles. The number of rotatable bonds is 8. The molecule has 0 aliphatic heterocycles. The predicted molar refractivity (Wildman–Crippen MR) is 78.4 cm³/mol. The maximum Gasteiger partial charge on any atom is 0.307 e. The van der Waals surface area contributed by atoms with E-state index in [1.54, 1.807) is 0 Å². The molecule has 0 radical (unpaired) electrons. The molecule has 5 nitrogen and oxygen atoms in total. The molecule has 0 saturated heterocycles. The van der Waals surface area contributed by atoms with Crippen molar-refractivity contribution in [2.75, 3.05) is 26.2 Å². The number of amides is 1. The van der Waals surface area contributed by atoms with Crippen molar-refractivity contribution < 1.29 is 14.7 Å². The van der Waals surface area contributed by atoms with Gasteiger partial charge in [-0.3, -0.25) is 9.59 Å². The number of nitrogens with one attached hydrogen (secondary N) is 1. The van der Waals surface area contributed by atoms with Crippen molar-refractivity contribution >= 4 is 11.9 Å². The number of aliphatic carboxylic acids is 1. The molecule has 3 unspecified atom stereocenters. The van der Waals surface area contributed by atoms with Gasteiger partial charge >= 0.3 is 5.97 Å². The van der Waals surface area contributed by atoms with Crippen LogP contribution in [-0.4, -0.2) is 48.1 Å². The van der Waals surface area contributed by atoms with Crippen LogP contribution in [-0.2, 0) is 9.59 Å². The van der Waals surface area contributed by atoms with Crippen molar-refractivity contribution in [3.63, 3.8) is 0 Å². The molecule has 0 aromatic rings. The number of hydrogen-bond acceptors (Lipinski definition) is 3. The van der Waals surface area contributed by atoms with Crippen LogP contribution >= 0.6 is 0 Å². The van der Waals surface area contributed by atoms with Crippen LogP contribution in [0.1, 0.15) is 40.0 Å². The lowest BCUT2D eigenvalue weighted by atomic mass is 9.95. The highest BCUT2D eigenvalue weighted by Crippen LogP contribution is 2.36. The lowest BCUT2D eigenvalue weighted by Gasteiger charge is -2.19. The van der Waals surface area contributed by atoms with E-state index in [4.69, 9.17) is 0 Å². The van der Waals surface area contributed by atoms with Gasteiger partial charge in [0.05, 0.1) is 11.8 Å². The summed E-state index contributed by atoms with van der Waals surface area (Å²) in [6.07, 6.45) is 2.22. The zero-order valence-corrected chi connectivity index (χ0v) is 12.9. The molecule has 1 aliphatic carbocycles. The number of carboxylic acid groups (broad SMARTS) is 1. The Hall–Kier alpha value is -1.10. The normalized spacial score (nSPS) is 25.9. The summed E-state index contributed by atoms with van der Waals surface area (Å²) in [5.74, 6) is -1.45. The van der Waals surface area contributed by atoms with E-state index in [9.17, 15) is 14.7 Å². The van der Waals surface area contributed by atoms with Crippen molar-refractivity contribution in [2.24, 2.45) is 17.8 Å². The molecule has 0 heterocycles. The third-order valence-corrected chi connectivity index (χ3v) is 4.30. The standard InChI is InChI=1S/C15H28N2O3/c1-4-17(5-2)8-6-7-16-14(18)12-9-11(3)10-13(12)15(19)20/h11-13H,4-10H2,1-3H3,(H,16,18)(H,19,20). The van der Waals surface area contributed by atoms with E-state index in [2.05, 4.69) is 24.1 Å². The Kier molecular flexibility index (Phi) is 6.99. The lowest BCUT2D eigenvalue weighted by molar-refractivity contribution is -0.146. The number of carbonyl (C=O) groups excluding carboxylic acids is 1. The molecule has 2 N–H and O–H groups in total. The monoisotopic (exact) mass is 284 g/mol. The third-order valence-electron chi connectivity index (χ3n) is 4.30. The Morgan fingerprint density at radius 1 is 1.20 bits per heavy atom. The molecular formula is C15H28N2O3. The summed E-state index contributed by atoms with van der Waals surface area (Å²) < 4.78 is 0. The summed E-state index contributed by atoms with van der Waals surface area (Å²) >= 11 is 0. The van der Waals surface area contributed by atoms with Gasteiger partial charge in [0.2, 0.25) is 5.91 Å². The molecule has 3 atom stereocenters. The van der Waals surface area contributed by atoms with Crippen molar-refractivity contribution in [1.29, 1.82) is 0 Å². The lowest BCUT2D eigenvalue weighted by Crippen LogP contribution is -2.36. The predicted octanol–water partition coefficient (Wildman–Crippen LogP) is 1.58. The minimum atomic E-state index is -0.836. The Balaban J connectivity index is 2.33. The molecule has 1 amide bonds. The molecule has 1 fully saturated rings. The van der Waals surface area contributed by atoms with E-state index in [-0.39, 0.29) is 11.8 Å². The fraction of sp³-hybridized carbons (Fsp3) is 0.867. The average molecular weight is 284 g/mol. The first-order valence-electron chi connectivity index (χ1n) is 7.72. The number of nitrogens with zero attached hydrogens (tertiary/aromatic N) is 1. The molecule has 0 aromatic heterocycles. The van der Waals surface area contributed by atoms with E-state index >= 15 is 0 Å². The summed E-state index contributed by atoms with van der Waals surface area (Å²) in [4.78, 5) is 25.6. The van der Waals surface area contributed by atoms with E-state index in [1.165, 1.54) is 0 Å². The molecule has 5 heteroatoms. The fourth-order valence-corrected chi connectivity index (χ4v) is 3.04. The van der Waals surface area contributed by atoms with Gasteiger partial charge in [0.1, 0.15) is 0 Å². The third kappa shape index (κ3) is 4.78. The van der Waals surface area contributed by atoms with Crippen LogP contribution in [0.3, 0.4) is 0 Å². The van der Waals surface area contributed by atoms with Crippen LogP contribution in [0.5, 0.6) is 0 Å². The molecule has 1 rings (SSSR count). The smallest absolute Gasteiger partial charge is 0.307 e. The van der Waals surface area contributed by atoms with E-state index < -0.39 is 11.9 Å². The van der Waals surface area contributed by atoms with E-state index in [0.717, 1.165) is 26.1 Å². The first-order valence-corrected chi connectivity index (χ1v) is 7.72. The minimum absolute atomic E-state index is 0.0821. The van der Waals surface area contributed by atoms with Gasteiger partial charge in [-0.2, -0.15) is 0 Å². The Bertz CT molecular complexity index is 329. The summed E-state index contributed by atoms with van der Waals surface area (Å²) in [5, 5.41) is 12.1. The minimum Gasteiger partial charge on any atom is -0.481 e. The maximum atomic E-state index is 12.1. The highest BCUT2D eigenvalue weighted by atomic mass is 16.4. The molecule has 1 saturated carbocycles. The van der Waals surface area contributed by atoms with Gasteiger partial charge in [0.25, 0.3) is 0 Å². The number of carbonyl (C=O) groups is 2. The maximum absolute atomic E-state index is 12.1. The van der Waals surface area contributed by atoms with Gasteiger partial charge in [-0.15, -0.1) is 0 Å². The van der Waals surface area contributed by atoms with Crippen molar-refractivity contribution in [2.45, 2.75) is 40.0 Å². The van der Waals surface area contributed by atoms with Gasteiger partial charge in [-0.1, -0.05) is 20.8 Å². The molecule has 0 spiro atoms. The number of carboxylic acids is 1. The molecule has 0 bridgehead atoms. The Labute approximate surface area is 121 Å². The van der Waals surface area contributed by atoms with Crippen LogP contribution in [0.25, 0.3) is 0 Å². The second-order valence-electron chi connectivity index (χ2n) is 5.80. The number of hydrogen-bond donors (Lipinski definition) is 2. The summed E-state index contributed by atoms with van der Waals surface area (Å²) in [6, 6.07) is 0.